The van der Waals surface area contributed by atoms with Gasteiger partial charge in [0.2, 0.25) is 5.91 Å². The second kappa shape index (κ2) is 7.77. The number of halogens is 3. The van der Waals surface area contributed by atoms with Gasteiger partial charge in [-0.1, -0.05) is 25.1 Å². The fraction of sp³-hybridized carbons (Fsp3) is 0.450. The van der Waals surface area contributed by atoms with E-state index in [2.05, 4.69) is 9.97 Å². The molecule has 1 heterocycles. The Morgan fingerprint density at radius 3 is 2.61 bits per heavy atom. The van der Waals surface area contributed by atoms with Crippen LogP contribution in [-0.4, -0.2) is 26.8 Å². The van der Waals surface area contributed by atoms with E-state index >= 15 is 0 Å². The topological polar surface area (TPSA) is 66.1 Å². The molecule has 28 heavy (non-hydrogen) atoms. The highest BCUT2D eigenvalue weighted by Gasteiger charge is 2.32. The van der Waals surface area contributed by atoms with Crippen molar-refractivity contribution in [2.45, 2.75) is 58.3 Å². The lowest BCUT2D eigenvalue weighted by Gasteiger charge is -2.21. The van der Waals surface area contributed by atoms with Crippen LogP contribution in [0.2, 0.25) is 0 Å². The number of alkyl halides is 3. The number of carbonyl (C=O) groups excluding carboxylic acids is 1. The fourth-order valence-electron chi connectivity index (χ4n) is 3.19. The van der Waals surface area contributed by atoms with Gasteiger partial charge in [0, 0.05) is 30.1 Å². The molecule has 0 radical (unpaired) electrons. The summed E-state index contributed by atoms with van der Waals surface area (Å²) in [4.78, 5) is 33.4. The minimum absolute atomic E-state index is 0.0100. The van der Waals surface area contributed by atoms with Gasteiger partial charge in [-0.25, -0.2) is 4.98 Å². The van der Waals surface area contributed by atoms with Crippen molar-refractivity contribution in [3.8, 4) is 0 Å². The number of nitrogens with one attached hydrogen (secondary N) is 1. The minimum Gasteiger partial charge on any atom is -0.332 e. The van der Waals surface area contributed by atoms with Crippen LogP contribution in [0.1, 0.15) is 54.4 Å². The highest BCUT2D eigenvalue weighted by molar-refractivity contribution is 5.76. The number of aromatic nitrogens is 2. The summed E-state index contributed by atoms with van der Waals surface area (Å²) in [5, 5.41) is 0. The van der Waals surface area contributed by atoms with E-state index in [1.54, 1.807) is 24.8 Å². The number of amides is 1. The van der Waals surface area contributed by atoms with Crippen LogP contribution in [0.3, 0.4) is 0 Å². The molecule has 1 aromatic heterocycles. The lowest BCUT2D eigenvalue weighted by Crippen LogP contribution is -2.34. The molecule has 0 aliphatic heterocycles. The maximum atomic E-state index is 12.9. The Hall–Kier alpha value is -2.64. The second-order valence-electron chi connectivity index (χ2n) is 7.06. The Kier molecular flexibility index (Phi) is 5.58. The van der Waals surface area contributed by atoms with Gasteiger partial charge in [-0.05, 0) is 31.4 Å². The zero-order chi connectivity index (χ0) is 20.5. The van der Waals surface area contributed by atoms with Crippen molar-refractivity contribution in [2.24, 2.45) is 0 Å². The number of rotatable bonds is 6. The molecule has 8 heteroatoms. The predicted molar refractivity (Wildman–Crippen MR) is 97.7 cm³/mol. The number of nitrogens with zero attached hydrogens (tertiary/aromatic N) is 2. The molecule has 1 fully saturated rings. The predicted octanol–water partition coefficient (Wildman–Crippen LogP) is 3.59. The van der Waals surface area contributed by atoms with E-state index in [4.69, 9.17) is 0 Å². The normalized spacial score (nSPS) is 14.2. The Balaban J connectivity index is 1.83. The summed E-state index contributed by atoms with van der Waals surface area (Å²) in [5.41, 5.74) is 0.0267. The number of H-pyrrole nitrogens is 1. The molecular formula is C20H22F3N3O2. The van der Waals surface area contributed by atoms with Gasteiger partial charge in [-0.3, -0.25) is 9.59 Å². The SMILES string of the molecule is CCC(=O)N(Cc1nc(C)c(Cc2cccc(C(F)(F)F)c2)c(=O)[nH]1)C1CC1. The molecule has 1 aliphatic rings. The molecular weight excluding hydrogens is 371 g/mol. The standard InChI is InChI=1S/C20H22F3N3O2/c1-3-18(27)26(15-7-8-15)11-17-24-12(2)16(19(28)25-17)10-13-5-4-6-14(9-13)20(21,22)23/h4-6,9,15H,3,7-8,10-11H2,1-2H3,(H,24,25,28). The van der Waals surface area contributed by atoms with Crippen LogP contribution in [0.5, 0.6) is 0 Å². The van der Waals surface area contributed by atoms with E-state index in [0.717, 1.165) is 25.0 Å². The van der Waals surface area contributed by atoms with Gasteiger partial charge in [0.05, 0.1) is 12.1 Å². The average Bonchev–Trinajstić information content (AvgIpc) is 3.46. The number of carbonyl (C=O) groups is 1. The van der Waals surface area contributed by atoms with E-state index in [9.17, 15) is 22.8 Å². The van der Waals surface area contributed by atoms with E-state index in [1.807, 2.05) is 0 Å². The van der Waals surface area contributed by atoms with Crippen molar-refractivity contribution < 1.29 is 18.0 Å². The first kappa shape index (κ1) is 20.1. The molecule has 5 nitrogen and oxygen atoms in total. The van der Waals surface area contributed by atoms with E-state index in [1.165, 1.54) is 6.07 Å². The van der Waals surface area contributed by atoms with Gasteiger partial charge in [-0.2, -0.15) is 13.2 Å². The number of benzene rings is 1. The van der Waals surface area contributed by atoms with Crippen molar-refractivity contribution in [3.63, 3.8) is 0 Å². The molecule has 1 N–H and O–H groups in total. The summed E-state index contributed by atoms with van der Waals surface area (Å²) in [6, 6.07) is 5.12. The number of hydrogen-bond donors (Lipinski definition) is 1. The highest BCUT2D eigenvalue weighted by atomic mass is 19.4. The molecule has 1 aromatic carbocycles. The molecule has 0 unspecified atom stereocenters. The van der Waals surface area contributed by atoms with E-state index in [0.29, 0.717) is 29.1 Å². The zero-order valence-corrected chi connectivity index (χ0v) is 15.8. The van der Waals surface area contributed by atoms with Crippen molar-refractivity contribution in [3.05, 3.63) is 62.8 Å². The molecule has 0 saturated heterocycles. The van der Waals surface area contributed by atoms with Crippen LogP contribution in [0.25, 0.3) is 0 Å². The van der Waals surface area contributed by atoms with E-state index < -0.39 is 11.7 Å². The average molecular weight is 393 g/mol. The van der Waals surface area contributed by atoms with Crippen LogP contribution in [-0.2, 0) is 23.9 Å². The molecule has 3 rings (SSSR count). The van der Waals surface area contributed by atoms with Gasteiger partial charge in [0.15, 0.2) is 0 Å². The lowest BCUT2D eigenvalue weighted by molar-refractivity contribution is -0.137. The fourth-order valence-corrected chi connectivity index (χ4v) is 3.19. The van der Waals surface area contributed by atoms with Gasteiger partial charge in [-0.15, -0.1) is 0 Å². The molecule has 0 spiro atoms. The number of aromatic amines is 1. The lowest BCUT2D eigenvalue weighted by atomic mass is 10.0. The minimum atomic E-state index is -4.43. The second-order valence-corrected chi connectivity index (χ2v) is 7.06. The largest absolute Gasteiger partial charge is 0.416 e. The smallest absolute Gasteiger partial charge is 0.332 e. The van der Waals surface area contributed by atoms with Gasteiger partial charge in [0.1, 0.15) is 5.82 Å². The summed E-state index contributed by atoms with van der Waals surface area (Å²) >= 11 is 0. The molecule has 0 bridgehead atoms. The molecule has 1 amide bonds. The first-order valence-corrected chi connectivity index (χ1v) is 9.23. The molecule has 150 valence electrons. The van der Waals surface area contributed by atoms with Crippen LogP contribution < -0.4 is 5.56 Å². The first-order valence-electron chi connectivity index (χ1n) is 9.23. The van der Waals surface area contributed by atoms with Gasteiger partial charge < -0.3 is 9.88 Å². The quantitative estimate of drug-likeness (QED) is 0.816. The molecule has 1 aliphatic carbocycles. The number of aryl methyl sites for hydroxylation is 1. The third-order valence-corrected chi connectivity index (χ3v) is 4.84. The van der Waals surface area contributed by atoms with Crippen molar-refractivity contribution >= 4 is 5.91 Å². The third kappa shape index (κ3) is 4.61. The maximum absolute atomic E-state index is 12.9. The Morgan fingerprint density at radius 2 is 2.04 bits per heavy atom. The maximum Gasteiger partial charge on any atom is 0.416 e. The Bertz CT molecular complexity index is 933. The van der Waals surface area contributed by atoms with E-state index in [-0.39, 0.29) is 30.5 Å². The van der Waals surface area contributed by atoms with Gasteiger partial charge >= 0.3 is 6.18 Å². The molecule has 1 saturated carbocycles. The van der Waals surface area contributed by atoms with Crippen molar-refractivity contribution in [1.82, 2.24) is 14.9 Å². The number of hydrogen-bond acceptors (Lipinski definition) is 3. The summed E-state index contributed by atoms with van der Waals surface area (Å²) < 4.78 is 38.7. The summed E-state index contributed by atoms with van der Waals surface area (Å²) in [6.45, 7) is 3.68. The molecule has 2 aromatic rings. The summed E-state index contributed by atoms with van der Waals surface area (Å²) in [7, 11) is 0. The zero-order valence-electron chi connectivity index (χ0n) is 15.8. The van der Waals surface area contributed by atoms with Crippen molar-refractivity contribution in [2.75, 3.05) is 0 Å². The van der Waals surface area contributed by atoms with Crippen LogP contribution in [0.15, 0.2) is 29.1 Å². The van der Waals surface area contributed by atoms with Crippen LogP contribution >= 0.6 is 0 Å². The Labute approximate surface area is 160 Å². The highest BCUT2D eigenvalue weighted by Crippen LogP contribution is 2.30. The first-order chi connectivity index (χ1) is 13.2. The third-order valence-electron chi connectivity index (χ3n) is 4.84. The summed E-state index contributed by atoms with van der Waals surface area (Å²) in [6.07, 6.45) is -2.10. The monoisotopic (exact) mass is 393 g/mol. The van der Waals surface area contributed by atoms with Gasteiger partial charge in [0.25, 0.3) is 5.56 Å². The summed E-state index contributed by atoms with van der Waals surface area (Å²) in [5.74, 6) is 0.403. The van der Waals surface area contributed by atoms with Crippen LogP contribution in [0.4, 0.5) is 13.2 Å². The van der Waals surface area contributed by atoms with Crippen molar-refractivity contribution in [1.29, 1.82) is 0 Å². The molecule has 0 atom stereocenters. The Morgan fingerprint density at radius 1 is 1.32 bits per heavy atom. The van der Waals surface area contributed by atoms with Crippen LogP contribution in [0, 0.1) is 6.92 Å².